The van der Waals surface area contributed by atoms with Crippen LogP contribution < -0.4 is 4.72 Å². The van der Waals surface area contributed by atoms with Gasteiger partial charge in [0.1, 0.15) is 0 Å². The minimum atomic E-state index is -3.93. The second-order valence-electron chi connectivity index (χ2n) is 8.91. The van der Waals surface area contributed by atoms with E-state index in [0.29, 0.717) is 34.0 Å². The lowest BCUT2D eigenvalue weighted by Crippen LogP contribution is -2.42. The van der Waals surface area contributed by atoms with Gasteiger partial charge >= 0.3 is 0 Å². The largest absolute Gasteiger partial charge is 0.343 e. The third-order valence-corrected chi connectivity index (χ3v) is 9.41. The zero-order chi connectivity index (χ0) is 25.0. The van der Waals surface area contributed by atoms with Gasteiger partial charge in [0, 0.05) is 29.1 Å². The number of nitrogens with one attached hydrogen (secondary N) is 1. The molecule has 2 aromatic rings. The van der Waals surface area contributed by atoms with Crippen molar-refractivity contribution in [3.05, 3.63) is 56.5 Å². The third-order valence-electron chi connectivity index (χ3n) is 6.70. The molecule has 1 fully saturated rings. The SMILES string of the molecule is CCC(Cc1c(Cl)ccc(NS(=O)(=O)c2cccc(Cl)c2C)c1Cl)C(=O)N(C)C1CCCCC1. The molecular weight excluding hydrogens is 515 g/mol. The van der Waals surface area contributed by atoms with E-state index in [1.165, 1.54) is 18.6 Å². The Morgan fingerprint density at radius 3 is 2.41 bits per heavy atom. The number of halogens is 3. The van der Waals surface area contributed by atoms with E-state index in [0.717, 1.165) is 25.7 Å². The van der Waals surface area contributed by atoms with Crippen LogP contribution in [0.25, 0.3) is 0 Å². The van der Waals surface area contributed by atoms with Gasteiger partial charge in [-0.25, -0.2) is 8.42 Å². The molecule has 1 amide bonds. The lowest BCUT2D eigenvalue weighted by Gasteiger charge is -2.33. The highest BCUT2D eigenvalue weighted by Crippen LogP contribution is 2.36. The van der Waals surface area contributed by atoms with E-state index in [2.05, 4.69) is 4.72 Å². The summed E-state index contributed by atoms with van der Waals surface area (Å²) in [6.07, 6.45) is 6.52. The van der Waals surface area contributed by atoms with Crippen LogP contribution in [0.2, 0.25) is 15.1 Å². The first-order chi connectivity index (χ1) is 16.1. The molecule has 1 aliphatic carbocycles. The molecule has 186 valence electrons. The van der Waals surface area contributed by atoms with Gasteiger partial charge in [-0.2, -0.15) is 0 Å². The number of rotatable bonds is 8. The summed E-state index contributed by atoms with van der Waals surface area (Å²) in [6, 6.07) is 8.10. The van der Waals surface area contributed by atoms with Gasteiger partial charge in [-0.3, -0.25) is 9.52 Å². The van der Waals surface area contributed by atoms with Crippen molar-refractivity contribution in [1.29, 1.82) is 0 Å². The van der Waals surface area contributed by atoms with Crippen molar-refractivity contribution >= 4 is 56.4 Å². The van der Waals surface area contributed by atoms with Gasteiger partial charge in [0.05, 0.1) is 15.6 Å². The Morgan fingerprint density at radius 2 is 1.76 bits per heavy atom. The lowest BCUT2D eigenvalue weighted by molar-refractivity contribution is -0.137. The van der Waals surface area contributed by atoms with Crippen molar-refractivity contribution in [3.8, 4) is 0 Å². The number of anilines is 1. The lowest BCUT2D eigenvalue weighted by atomic mass is 9.91. The van der Waals surface area contributed by atoms with Crippen LogP contribution in [0.4, 0.5) is 5.69 Å². The molecule has 5 nitrogen and oxygen atoms in total. The molecule has 2 aromatic carbocycles. The molecule has 0 radical (unpaired) electrons. The molecule has 1 unspecified atom stereocenters. The molecule has 0 heterocycles. The molecule has 1 aliphatic rings. The Labute approximate surface area is 217 Å². The van der Waals surface area contributed by atoms with Crippen molar-refractivity contribution in [3.63, 3.8) is 0 Å². The van der Waals surface area contributed by atoms with Gasteiger partial charge in [-0.1, -0.05) is 67.1 Å². The summed E-state index contributed by atoms with van der Waals surface area (Å²) in [7, 11) is -2.06. The quantitative estimate of drug-likeness (QED) is 0.384. The van der Waals surface area contributed by atoms with Gasteiger partial charge in [0.2, 0.25) is 5.91 Å². The summed E-state index contributed by atoms with van der Waals surface area (Å²) in [4.78, 5) is 15.2. The molecule has 1 N–H and O–H groups in total. The smallest absolute Gasteiger partial charge is 0.262 e. The fourth-order valence-corrected chi connectivity index (χ4v) is 6.73. The first-order valence-corrected chi connectivity index (χ1v) is 14.2. The zero-order valence-electron chi connectivity index (χ0n) is 19.7. The molecule has 34 heavy (non-hydrogen) atoms. The Balaban J connectivity index is 1.85. The average Bonchev–Trinajstić information content (AvgIpc) is 2.82. The minimum absolute atomic E-state index is 0.0714. The van der Waals surface area contributed by atoms with Crippen molar-refractivity contribution in [1.82, 2.24) is 4.90 Å². The normalized spacial score (nSPS) is 15.7. The Kier molecular flexibility index (Phi) is 9.18. The topological polar surface area (TPSA) is 66.5 Å². The number of amides is 1. The summed E-state index contributed by atoms with van der Waals surface area (Å²) in [5, 5.41) is 0.956. The fraction of sp³-hybridized carbons (Fsp3) is 0.480. The van der Waals surface area contributed by atoms with Crippen molar-refractivity contribution in [2.45, 2.75) is 69.7 Å². The maximum Gasteiger partial charge on any atom is 0.262 e. The van der Waals surface area contributed by atoms with E-state index >= 15 is 0 Å². The summed E-state index contributed by atoms with van der Waals surface area (Å²) in [6.45, 7) is 3.61. The number of carbonyl (C=O) groups is 1. The number of benzene rings is 2. The maximum absolute atomic E-state index is 13.3. The van der Waals surface area contributed by atoms with Gasteiger partial charge < -0.3 is 4.90 Å². The Hall–Kier alpha value is -1.47. The van der Waals surface area contributed by atoms with Gasteiger partial charge in [0.15, 0.2) is 0 Å². The number of carbonyl (C=O) groups excluding carboxylic acids is 1. The van der Waals surface area contributed by atoms with Crippen LogP contribution in [0, 0.1) is 12.8 Å². The van der Waals surface area contributed by atoms with Crippen LogP contribution in [0.5, 0.6) is 0 Å². The van der Waals surface area contributed by atoms with Gasteiger partial charge in [-0.05, 0) is 68.0 Å². The summed E-state index contributed by atoms with van der Waals surface area (Å²) in [5.41, 5.74) is 1.22. The molecule has 3 rings (SSSR count). The minimum Gasteiger partial charge on any atom is -0.343 e. The average molecular weight is 546 g/mol. The first-order valence-electron chi connectivity index (χ1n) is 11.6. The molecule has 9 heteroatoms. The van der Waals surface area contributed by atoms with E-state index in [-0.39, 0.29) is 33.5 Å². The number of nitrogens with zero attached hydrogens (tertiary/aromatic N) is 1. The van der Waals surface area contributed by atoms with Crippen LogP contribution in [-0.4, -0.2) is 32.3 Å². The van der Waals surface area contributed by atoms with Crippen LogP contribution in [0.15, 0.2) is 35.2 Å². The standard InChI is InChI=1S/C25H31Cl3N2O3S/c1-4-17(25(31)30(3)18-9-6-5-7-10-18)15-19-21(27)13-14-22(24(19)28)29-34(32,33)23-12-8-11-20(26)16(23)2/h8,11-14,17-18,29H,4-7,9-10,15H2,1-3H3. The van der Waals surface area contributed by atoms with Crippen LogP contribution in [0.3, 0.4) is 0 Å². The number of sulfonamides is 1. The van der Waals surface area contributed by atoms with Crippen molar-refractivity contribution in [2.24, 2.45) is 5.92 Å². The van der Waals surface area contributed by atoms with Gasteiger partial charge in [-0.15, -0.1) is 0 Å². The van der Waals surface area contributed by atoms with E-state index in [1.54, 1.807) is 25.1 Å². The summed E-state index contributed by atoms with van der Waals surface area (Å²) >= 11 is 19.2. The van der Waals surface area contributed by atoms with E-state index in [4.69, 9.17) is 34.8 Å². The van der Waals surface area contributed by atoms with E-state index in [1.807, 2.05) is 18.9 Å². The molecule has 0 aliphatic heterocycles. The Bertz CT molecular complexity index is 1150. The molecule has 0 bridgehead atoms. The molecule has 0 spiro atoms. The van der Waals surface area contributed by atoms with Crippen LogP contribution >= 0.6 is 34.8 Å². The predicted octanol–water partition coefficient (Wildman–Crippen LogP) is 7.12. The molecule has 1 atom stereocenters. The molecule has 0 aromatic heterocycles. The highest BCUT2D eigenvalue weighted by molar-refractivity contribution is 7.92. The summed E-state index contributed by atoms with van der Waals surface area (Å²) in [5.74, 6) is -0.231. The zero-order valence-corrected chi connectivity index (χ0v) is 22.8. The molecular formula is C25H31Cl3N2O3S. The predicted molar refractivity (Wildman–Crippen MR) is 141 cm³/mol. The van der Waals surface area contributed by atoms with E-state index < -0.39 is 10.0 Å². The second kappa shape index (κ2) is 11.5. The summed E-state index contributed by atoms with van der Waals surface area (Å²) < 4.78 is 28.7. The van der Waals surface area contributed by atoms with E-state index in [9.17, 15) is 13.2 Å². The molecule has 1 saturated carbocycles. The van der Waals surface area contributed by atoms with Gasteiger partial charge in [0.25, 0.3) is 10.0 Å². The Morgan fingerprint density at radius 1 is 1.09 bits per heavy atom. The number of hydrogen-bond acceptors (Lipinski definition) is 3. The highest BCUT2D eigenvalue weighted by atomic mass is 35.5. The van der Waals surface area contributed by atoms with Crippen molar-refractivity contribution in [2.75, 3.05) is 11.8 Å². The third kappa shape index (κ3) is 6.01. The van der Waals surface area contributed by atoms with Crippen LogP contribution in [-0.2, 0) is 21.2 Å². The molecule has 0 saturated heterocycles. The first kappa shape index (κ1) is 27.1. The highest BCUT2D eigenvalue weighted by Gasteiger charge is 2.29. The second-order valence-corrected chi connectivity index (χ2v) is 11.7. The fourth-order valence-electron chi connectivity index (χ4n) is 4.53. The van der Waals surface area contributed by atoms with Crippen molar-refractivity contribution < 1.29 is 13.2 Å². The maximum atomic E-state index is 13.3. The monoisotopic (exact) mass is 544 g/mol. The van der Waals surface area contributed by atoms with Crippen LogP contribution in [0.1, 0.15) is 56.6 Å². The number of hydrogen-bond donors (Lipinski definition) is 1.